The number of aromatic nitrogens is 1. The van der Waals surface area contributed by atoms with E-state index in [1.54, 1.807) is 0 Å². The normalized spacial score (nSPS) is 16.9. The first kappa shape index (κ1) is 21.3. The number of fused-ring (bicyclic) bond motifs is 1. The molecule has 0 aliphatic carbocycles. The van der Waals surface area contributed by atoms with Crippen LogP contribution in [0.25, 0.3) is 10.9 Å². The monoisotopic (exact) mass is 417 g/mol. The highest BCUT2D eigenvalue weighted by molar-refractivity contribution is 5.92. The summed E-state index contributed by atoms with van der Waals surface area (Å²) in [6, 6.07) is 16.7. The highest BCUT2D eigenvalue weighted by Gasteiger charge is 2.18. The van der Waals surface area contributed by atoms with Crippen LogP contribution in [-0.2, 0) is 11.3 Å². The average molecular weight is 418 g/mol. The number of carbonyl (C=O) groups is 1. The van der Waals surface area contributed by atoms with Gasteiger partial charge in [-0.15, -0.1) is 0 Å². The van der Waals surface area contributed by atoms with Crippen LogP contribution in [0, 0.1) is 13.8 Å². The predicted molar refractivity (Wildman–Crippen MR) is 126 cm³/mol. The Labute approximate surface area is 184 Å². The molecule has 1 N–H and O–H groups in total. The van der Waals surface area contributed by atoms with E-state index in [1.807, 2.05) is 50.2 Å². The third kappa shape index (κ3) is 5.42. The molecule has 1 unspecified atom stereocenters. The van der Waals surface area contributed by atoms with Gasteiger partial charge >= 0.3 is 0 Å². The standard InChI is InChI=1S/C26H31N3O2/c1-18-10-11-24-23(13-18)25(14-19(2)27-24)31-17-26(30)28-22-9-6-8-21(15-22)16-29-12-5-4-7-20(29)3/h6,8-11,13-15,20H,4-5,7,12,16-17H2,1-3H3,(H,28,30). The van der Waals surface area contributed by atoms with Crippen molar-refractivity contribution in [1.82, 2.24) is 9.88 Å². The van der Waals surface area contributed by atoms with Crippen molar-refractivity contribution in [3.05, 3.63) is 65.4 Å². The van der Waals surface area contributed by atoms with Gasteiger partial charge in [0.25, 0.3) is 5.91 Å². The lowest BCUT2D eigenvalue weighted by Gasteiger charge is -2.33. The SMILES string of the molecule is Cc1ccc2nc(C)cc(OCC(=O)Nc3cccc(CN4CCCCC4C)c3)c2c1. The fourth-order valence-corrected chi connectivity index (χ4v) is 4.27. The largest absolute Gasteiger partial charge is 0.483 e. The lowest BCUT2D eigenvalue weighted by atomic mass is 10.0. The van der Waals surface area contributed by atoms with Gasteiger partial charge in [0.15, 0.2) is 6.61 Å². The fourth-order valence-electron chi connectivity index (χ4n) is 4.27. The van der Waals surface area contributed by atoms with Crippen LogP contribution in [0.5, 0.6) is 5.75 Å². The van der Waals surface area contributed by atoms with Gasteiger partial charge in [-0.3, -0.25) is 14.7 Å². The summed E-state index contributed by atoms with van der Waals surface area (Å²) >= 11 is 0. The first-order chi connectivity index (χ1) is 15.0. The summed E-state index contributed by atoms with van der Waals surface area (Å²) in [4.78, 5) is 19.6. The molecule has 0 spiro atoms. The van der Waals surface area contributed by atoms with Gasteiger partial charge in [-0.25, -0.2) is 0 Å². The summed E-state index contributed by atoms with van der Waals surface area (Å²) in [5.74, 6) is 0.521. The molecule has 0 bridgehead atoms. The molecule has 1 aromatic heterocycles. The quantitative estimate of drug-likeness (QED) is 0.596. The number of hydrogen-bond acceptors (Lipinski definition) is 4. The molecule has 5 heteroatoms. The third-order valence-electron chi connectivity index (χ3n) is 5.95. The van der Waals surface area contributed by atoms with Crippen LogP contribution in [-0.4, -0.2) is 35.0 Å². The lowest BCUT2D eigenvalue weighted by molar-refractivity contribution is -0.118. The second-order valence-electron chi connectivity index (χ2n) is 8.63. The summed E-state index contributed by atoms with van der Waals surface area (Å²) in [5, 5.41) is 3.90. The van der Waals surface area contributed by atoms with Gasteiger partial charge in [0.05, 0.1) is 5.52 Å². The Morgan fingerprint density at radius 3 is 2.87 bits per heavy atom. The zero-order chi connectivity index (χ0) is 21.8. The van der Waals surface area contributed by atoms with Crippen molar-refractivity contribution in [3.8, 4) is 5.75 Å². The first-order valence-corrected chi connectivity index (χ1v) is 11.1. The Kier molecular flexibility index (Phi) is 6.52. The Morgan fingerprint density at radius 1 is 1.16 bits per heavy atom. The molecule has 1 saturated heterocycles. The molecular weight excluding hydrogens is 386 g/mol. The van der Waals surface area contributed by atoms with Gasteiger partial charge in [0, 0.05) is 35.4 Å². The molecule has 2 aromatic carbocycles. The second kappa shape index (κ2) is 9.48. The number of piperidine rings is 1. The topological polar surface area (TPSA) is 54.5 Å². The van der Waals surface area contributed by atoms with Crippen LogP contribution in [0.2, 0.25) is 0 Å². The molecule has 31 heavy (non-hydrogen) atoms. The molecule has 1 fully saturated rings. The van der Waals surface area contributed by atoms with Gasteiger partial charge < -0.3 is 10.1 Å². The minimum Gasteiger partial charge on any atom is -0.483 e. The zero-order valence-corrected chi connectivity index (χ0v) is 18.6. The van der Waals surface area contributed by atoms with Crippen molar-refractivity contribution in [2.24, 2.45) is 0 Å². The van der Waals surface area contributed by atoms with Crippen molar-refractivity contribution in [1.29, 1.82) is 0 Å². The van der Waals surface area contributed by atoms with Crippen LogP contribution in [0.15, 0.2) is 48.5 Å². The number of anilines is 1. The Hall–Kier alpha value is -2.92. The molecular formula is C26H31N3O2. The molecule has 0 saturated carbocycles. The number of nitrogens with one attached hydrogen (secondary N) is 1. The average Bonchev–Trinajstić information content (AvgIpc) is 2.74. The van der Waals surface area contributed by atoms with Gasteiger partial charge in [0.2, 0.25) is 0 Å². The van der Waals surface area contributed by atoms with E-state index >= 15 is 0 Å². The molecule has 162 valence electrons. The summed E-state index contributed by atoms with van der Waals surface area (Å²) in [7, 11) is 0. The molecule has 0 radical (unpaired) electrons. The summed E-state index contributed by atoms with van der Waals surface area (Å²) in [6.45, 7) is 8.29. The number of benzene rings is 2. The Morgan fingerprint density at radius 2 is 2.03 bits per heavy atom. The van der Waals surface area contributed by atoms with Crippen LogP contribution < -0.4 is 10.1 Å². The molecule has 1 aliphatic rings. The molecule has 4 rings (SSSR count). The molecule has 1 amide bonds. The fraction of sp³-hybridized carbons (Fsp3) is 0.385. The number of pyridine rings is 1. The van der Waals surface area contributed by atoms with E-state index in [9.17, 15) is 4.79 Å². The highest BCUT2D eigenvalue weighted by atomic mass is 16.5. The minimum absolute atomic E-state index is 0.0418. The van der Waals surface area contributed by atoms with Crippen LogP contribution >= 0.6 is 0 Å². The van der Waals surface area contributed by atoms with Crippen LogP contribution in [0.4, 0.5) is 5.69 Å². The maximum Gasteiger partial charge on any atom is 0.262 e. The van der Waals surface area contributed by atoms with Crippen molar-refractivity contribution < 1.29 is 9.53 Å². The van der Waals surface area contributed by atoms with E-state index in [2.05, 4.69) is 34.3 Å². The number of likely N-dealkylation sites (tertiary alicyclic amines) is 1. The van der Waals surface area contributed by atoms with Gasteiger partial charge in [-0.1, -0.05) is 30.2 Å². The zero-order valence-electron chi connectivity index (χ0n) is 18.6. The molecule has 3 aromatic rings. The lowest BCUT2D eigenvalue weighted by Crippen LogP contribution is -2.36. The number of aryl methyl sites for hydroxylation is 2. The molecule has 2 heterocycles. The molecule has 1 atom stereocenters. The van der Waals surface area contributed by atoms with Crippen LogP contribution in [0.1, 0.15) is 43.0 Å². The maximum atomic E-state index is 12.6. The van der Waals surface area contributed by atoms with E-state index in [0.717, 1.165) is 40.9 Å². The Balaban J connectivity index is 1.39. The van der Waals surface area contributed by atoms with Crippen molar-refractivity contribution in [3.63, 3.8) is 0 Å². The summed E-state index contributed by atoms with van der Waals surface area (Å²) in [6.07, 6.45) is 3.84. The number of hydrogen-bond donors (Lipinski definition) is 1. The van der Waals surface area contributed by atoms with E-state index < -0.39 is 0 Å². The summed E-state index contributed by atoms with van der Waals surface area (Å²) < 4.78 is 5.89. The molecule has 1 aliphatic heterocycles. The number of nitrogens with zero attached hydrogens (tertiary/aromatic N) is 2. The number of ether oxygens (including phenoxy) is 1. The summed E-state index contributed by atoms with van der Waals surface area (Å²) in [5.41, 5.74) is 4.90. The van der Waals surface area contributed by atoms with Gasteiger partial charge in [-0.05, 0) is 70.0 Å². The van der Waals surface area contributed by atoms with Crippen molar-refractivity contribution >= 4 is 22.5 Å². The van der Waals surface area contributed by atoms with E-state index in [-0.39, 0.29) is 12.5 Å². The number of rotatable bonds is 6. The predicted octanol–water partition coefficient (Wildman–Crippen LogP) is 5.24. The third-order valence-corrected chi connectivity index (χ3v) is 5.95. The minimum atomic E-state index is -0.168. The maximum absolute atomic E-state index is 12.6. The van der Waals surface area contributed by atoms with Crippen molar-refractivity contribution in [2.75, 3.05) is 18.5 Å². The van der Waals surface area contributed by atoms with E-state index in [4.69, 9.17) is 4.74 Å². The van der Waals surface area contributed by atoms with Gasteiger partial charge in [-0.2, -0.15) is 0 Å². The van der Waals surface area contributed by atoms with E-state index in [0.29, 0.717) is 11.8 Å². The number of carbonyl (C=O) groups excluding carboxylic acids is 1. The van der Waals surface area contributed by atoms with Gasteiger partial charge in [0.1, 0.15) is 5.75 Å². The molecule has 5 nitrogen and oxygen atoms in total. The van der Waals surface area contributed by atoms with E-state index in [1.165, 1.54) is 24.8 Å². The Bertz CT molecular complexity index is 1080. The van der Waals surface area contributed by atoms with Crippen LogP contribution in [0.3, 0.4) is 0 Å². The van der Waals surface area contributed by atoms with Crippen molar-refractivity contribution in [2.45, 2.75) is 52.6 Å². The smallest absolute Gasteiger partial charge is 0.262 e. The highest BCUT2D eigenvalue weighted by Crippen LogP contribution is 2.26. The first-order valence-electron chi connectivity index (χ1n) is 11.1. The second-order valence-corrected chi connectivity index (χ2v) is 8.63. The number of amides is 1.